The topological polar surface area (TPSA) is 6.48 Å². The van der Waals surface area contributed by atoms with Gasteiger partial charge in [-0.15, -0.1) is 0 Å². The van der Waals surface area contributed by atoms with Crippen LogP contribution in [-0.4, -0.2) is 0 Å². The molecular weight excluding hydrogens is 1490 g/mol. The van der Waals surface area contributed by atoms with E-state index in [0.29, 0.717) is 11.8 Å². The number of hydrogen-bond acceptors (Lipinski definition) is 2. The van der Waals surface area contributed by atoms with Crippen LogP contribution in [0.25, 0.3) is 116 Å². The smallest absolute Gasteiger partial charge is 0.0540 e. The molecule has 16 aromatic rings. The van der Waals surface area contributed by atoms with Crippen molar-refractivity contribution in [2.75, 3.05) is 9.80 Å². The monoisotopic (exact) mass is 1610 g/mol. The molecule has 0 saturated heterocycles. The first kappa shape index (κ1) is 80.8. The van der Waals surface area contributed by atoms with Crippen LogP contribution in [0, 0.1) is 5.92 Å². The van der Waals surface area contributed by atoms with Gasteiger partial charge in [0.15, 0.2) is 0 Å². The molecule has 1 unspecified atom stereocenters. The van der Waals surface area contributed by atoms with Gasteiger partial charge in [0.25, 0.3) is 0 Å². The molecule has 16 aromatic carbocycles. The second-order valence-electron chi connectivity index (χ2n) is 38.1. The van der Waals surface area contributed by atoms with Crippen LogP contribution in [0.5, 0.6) is 0 Å². The minimum absolute atomic E-state index is 0.0332. The van der Waals surface area contributed by atoms with Crippen molar-refractivity contribution in [1.29, 1.82) is 0 Å². The summed E-state index contributed by atoms with van der Waals surface area (Å²) in [6, 6.07) is 138. The van der Waals surface area contributed by atoms with Gasteiger partial charge in [-0.05, 0) is 272 Å². The van der Waals surface area contributed by atoms with E-state index < -0.39 is 0 Å². The maximum atomic E-state index is 2.59. The molecule has 19 rings (SSSR count). The zero-order valence-corrected chi connectivity index (χ0v) is 73.5. The Morgan fingerprint density at radius 1 is 0.266 bits per heavy atom. The van der Waals surface area contributed by atoms with Gasteiger partial charge in [0.05, 0.1) is 17.1 Å². The SMILES string of the molecule is CC(C)(C)c1ccc(-c2ccccc2N(c2ccc(-c3ccc(C4=CC=CC(CC(C)(C)c5cc(N(c6ccc(-c7ccc(-c8ccccc8)c(-c8ccccc8)c7)cc6)c6ccccc6-c6cccc7cccc(C8CCCCC8)c67)cc(C(C)(C)C)c5)C4)c(-c4ccccc4)c3)cc2)c2ccccc2-c2cccc3cccc(C4CCCCC4)c23)cc1. The van der Waals surface area contributed by atoms with Gasteiger partial charge in [0.2, 0.25) is 0 Å². The van der Waals surface area contributed by atoms with Gasteiger partial charge in [-0.25, -0.2) is 0 Å². The summed E-state index contributed by atoms with van der Waals surface area (Å²) in [6.07, 6.45) is 21.9. The van der Waals surface area contributed by atoms with E-state index in [2.05, 4.69) is 447 Å². The highest BCUT2D eigenvalue weighted by Crippen LogP contribution is 2.53. The predicted octanol–water partition coefficient (Wildman–Crippen LogP) is 35.3. The average molecular weight is 1610 g/mol. The molecule has 0 aliphatic heterocycles. The van der Waals surface area contributed by atoms with Gasteiger partial charge in [0.1, 0.15) is 0 Å². The van der Waals surface area contributed by atoms with Crippen molar-refractivity contribution < 1.29 is 0 Å². The highest BCUT2D eigenvalue weighted by Gasteiger charge is 2.33. The maximum Gasteiger partial charge on any atom is 0.0540 e. The molecule has 2 heteroatoms. The molecule has 1 atom stereocenters. The normalized spacial score (nSPS) is 14.8. The summed E-state index contributed by atoms with van der Waals surface area (Å²) < 4.78 is 0. The number of rotatable bonds is 20. The fraction of sp³-hybridized carbons (Fsp3) is 0.213. The van der Waals surface area contributed by atoms with Crippen molar-refractivity contribution >= 4 is 61.2 Å². The van der Waals surface area contributed by atoms with Crippen LogP contribution < -0.4 is 9.80 Å². The van der Waals surface area contributed by atoms with E-state index in [9.17, 15) is 0 Å². The summed E-state index contributed by atoms with van der Waals surface area (Å²) in [5.41, 5.74) is 35.5. The van der Waals surface area contributed by atoms with E-state index in [1.165, 1.54) is 214 Å². The molecule has 3 aliphatic rings. The van der Waals surface area contributed by atoms with Crippen molar-refractivity contribution in [3.8, 4) is 89.0 Å². The molecule has 2 nitrogen and oxygen atoms in total. The minimum Gasteiger partial charge on any atom is -0.310 e. The van der Waals surface area contributed by atoms with E-state index in [-0.39, 0.29) is 22.2 Å². The minimum atomic E-state index is -0.251. The number of anilines is 6. The van der Waals surface area contributed by atoms with Crippen molar-refractivity contribution in [2.45, 2.75) is 161 Å². The van der Waals surface area contributed by atoms with E-state index in [1.807, 2.05) is 0 Å². The summed E-state index contributed by atoms with van der Waals surface area (Å²) in [5.74, 6) is 1.35. The Morgan fingerprint density at radius 2 is 0.653 bits per heavy atom. The molecule has 612 valence electrons. The number of fused-ring (bicyclic) bond motifs is 2. The standard InChI is InChI=1S/C122H114N2/c1-120(2,3)98-69-61-92(62-70-98)106-51-24-27-58-115(106)124(117-60-29-26-53-110(117)112-57-34-49-94-47-32-55-108(119(94)112)89-40-18-11-19-41-89)102-73-65-86(66-74-102)96-68-76-105(114(79-96)91-44-22-13-23-45-91)97-50-30-35-84(77-97)83-122(7,8)100-80-99(121(4,5)6)81-103(82-100)123(116-59-28-25-52-109(116)111-56-33-48-93-46-31-54-107(118(93)111)88-38-16-10-17-39-88)101-71-63-85(64-72-101)95-67-75-104(87-36-14-9-15-37-87)113(78-95)90-42-20-12-21-43-90/h9,12-15,20-37,42-76,78-82,84,88-89H,10-11,16-19,38-41,77,83H2,1-8H3. The molecule has 2 saturated carbocycles. The summed E-state index contributed by atoms with van der Waals surface area (Å²) in [7, 11) is 0. The number of nitrogens with zero attached hydrogens (tertiary/aromatic N) is 2. The molecule has 0 spiro atoms. The fourth-order valence-corrected chi connectivity index (χ4v) is 20.7. The molecule has 3 aliphatic carbocycles. The second-order valence-corrected chi connectivity index (χ2v) is 38.1. The Balaban J connectivity index is 0.670. The van der Waals surface area contributed by atoms with Gasteiger partial charge >= 0.3 is 0 Å². The fourth-order valence-electron chi connectivity index (χ4n) is 20.7. The van der Waals surface area contributed by atoms with Crippen LogP contribution in [0.1, 0.15) is 178 Å². The highest BCUT2D eigenvalue weighted by molar-refractivity contribution is 6.06. The first-order chi connectivity index (χ1) is 60.5. The molecule has 2 fully saturated rings. The zero-order valence-electron chi connectivity index (χ0n) is 73.5. The van der Waals surface area contributed by atoms with Gasteiger partial charge in [0, 0.05) is 33.8 Å². The second kappa shape index (κ2) is 34.8. The molecule has 0 aromatic heterocycles. The van der Waals surface area contributed by atoms with Crippen molar-refractivity contribution in [2.24, 2.45) is 5.92 Å². The van der Waals surface area contributed by atoms with E-state index >= 15 is 0 Å². The Hall–Kier alpha value is -12.9. The number of para-hydroxylation sites is 3. The third-order valence-electron chi connectivity index (χ3n) is 27.4. The molecule has 0 heterocycles. The van der Waals surface area contributed by atoms with Gasteiger partial charge in [-0.2, -0.15) is 0 Å². The Morgan fingerprint density at radius 3 is 1.15 bits per heavy atom. The Kier molecular flexibility index (Phi) is 22.7. The number of hydrogen-bond donors (Lipinski definition) is 0. The van der Waals surface area contributed by atoms with Crippen LogP contribution >= 0.6 is 0 Å². The van der Waals surface area contributed by atoms with Gasteiger partial charge in [-0.1, -0.05) is 409 Å². The third-order valence-corrected chi connectivity index (χ3v) is 27.4. The largest absolute Gasteiger partial charge is 0.310 e. The lowest BCUT2D eigenvalue weighted by Gasteiger charge is -2.35. The van der Waals surface area contributed by atoms with Crippen molar-refractivity contribution in [1.82, 2.24) is 0 Å². The van der Waals surface area contributed by atoms with E-state index in [0.717, 1.165) is 47.0 Å². The third kappa shape index (κ3) is 16.6. The molecule has 124 heavy (non-hydrogen) atoms. The van der Waals surface area contributed by atoms with Crippen molar-refractivity contribution in [3.05, 3.63) is 416 Å². The maximum absolute atomic E-state index is 2.59. The lowest BCUT2D eigenvalue weighted by atomic mass is 9.72. The summed E-state index contributed by atoms with van der Waals surface area (Å²) in [6.45, 7) is 19.1. The quantitative estimate of drug-likeness (QED) is 0.0750. The predicted molar refractivity (Wildman–Crippen MR) is 533 cm³/mol. The molecule has 0 N–H and O–H groups in total. The van der Waals surface area contributed by atoms with Crippen LogP contribution in [0.4, 0.5) is 34.1 Å². The summed E-state index contributed by atoms with van der Waals surface area (Å²) in [5, 5.41) is 5.39. The van der Waals surface area contributed by atoms with Crippen LogP contribution in [0.3, 0.4) is 0 Å². The summed E-state index contributed by atoms with van der Waals surface area (Å²) in [4.78, 5) is 5.13. The van der Waals surface area contributed by atoms with Crippen LogP contribution in [0.15, 0.2) is 382 Å². The lowest BCUT2D eigenvalue weighted by molar-refractivity contribution is 0.407. The summed E-state index contributed by atoms with van der Waals surface area (Å²) >= 11 is 0. The van der Waals surface area contributed by atoms with Gasteiger partial charge < -0.3 is 9.80 Å². The van der Waals surface area contributed by atoms with Crippen molar-refractivity contribution in [3.63, 3.8) is 0 Å². The Bertz CT molecular complexity index is 6560. The molecular formula is C122H114N2. The first-order valence-corrected chi connectivity index (χ1v) is 45.7. The number of allylic oxidation sites excluding steroid dienone is 4. The molecule has 0 amide bonds. The number of benzene rings is 16. The van der Waals surface area contributed by atoms with Crippen LogP contribution in [-0.2, 0) is 16.2 Å². The van der Waals surface area contributed by atoms with Gasteiger partial charge in [-0.3, -0.25) is 0 Å². The lowest BCUT2D eigenvalue weighted by Crippen LogP contribution is -2.24. The van der Waals surface area contributed by atoms with E-state index in [4.69, 9.17) is 0 Å². The average Bonchev–Trinajstić information content (AvgIpc) is 0.749. The highest BCUT2D eigenvalue weighted by atomic mass is 15.2. The zero-order chi connectivity index (χ0) is 84.5. The molecule has 0 radical (unpaired) electrons. The first-order valence-electron chi connectivity index (χ1n) is 45.7. The Labute approximate surface area is 737 Å². The molecule has 0 bridgehead atoms. The van der Waals surface area contributed by atoms with E-state index in [1.54, 1.807) is 0 Å². The van der Waals surface area contributed by atoms with Crippen LogP contribution in [0.2, 0.25) is 0 Å².